The number of nitrogens with zero attached hydrogens (tertiary/aromatic N) is 1. The van der Waals surface area contributed by atoms with Gasteiger partial charge in [0.15, 0.2) is 0 Å². The monoisotopic (exact) mass is 356 g/mol. The molecule has 1 unspecified atom stereocenters. The molecule has 1 aromatic heterocycles. The summed E-state index contributed by atoms with van der Waals surface area (Å²) in [5.74, 6) is 2.64. The van der Waals surface area contributed by atoms with Crippen LogP contribution in [0.5, 0.6) is 11.5 Å². The molecule has 0 radical (unpaired) electrons. The molecule has 26 heavy (non-hydrogen) atoms. The molecule has 3 rings (SSSR count). The first-order valence-corrected chi connectivity index (χ1v) is 8.81. The SMILES string of the molecule is CCOc1cc2c(cc1C=CC(=O)NCc1nc(C)c(C)o1)OC(C)C2. The van der Waals surface area contributed by atoms with Gasteiger partial charge >= 0.3 is 0 Å². The average molecular weight is 356 g/mol. The highest BCUT2D eigenvalue weighted by atomic mass is 16.5. The quantitative estimate of drug-likeness (QED) is 0.804. The highest BCUT2D eigenvalue weighted by Crippen LogP contribution is 2.35. The van der Waals surface area contributed by atoms with Crippen molar-refractivity contribution in [3.05, 3.63) is 46.7 Å². The van der Waals surface area contributed by atoms with Gasteiger partial charge in [0.1, 0.15) is 23.4 Å². The van der Waals surface area contributed by atoms with E-state index in [-0.39, 0.29) is 18.6 Å². The first-order chi connectivity index (χ1) is 12.5. The number of hydrogen-bond acceptors (Lipinski definition) is 5. The van der Waals surface area contributed by atoms with Crippen molar-refractivity contribution in [1.82, 2.24) is 10.3 Å². The van der Waals surface area contributed by atoms with Gasteiger partial charge < -0.3 is 19.2 Å². The molecule has 2 aromatic rings. The van der Waals surface area contributed by atoms with Crippen molar-refractivity contribution >= 4 is 12.0 Å². The number of rotatable bonds is 6. The van der Waals surface area contributed by atoms with Crippen molar-refractivity contribution in [2.75, 3.05) is 6.61 Å². The lowest BCUT2D eigenvalue weighted by Gasteiger charge is -2.10. The zero-order chi connectivity index (χ0) is 18.7. The fourth-order valence-corrected chi connectivity index (χ4v) is 2.87. The summed E-state index contributed by atoms with van der Waals surface area (Å²) in [4.78, 5) is 16.3. The molecular formula is C20H24N2O4. The van der Waals surface area contributed by atoms with Gasteiger partial charge in [-0.3, -0.25) is 4.79 Å². The summed E-state index contributed by atoms with van der Waals surface area (Å²) >= 11 is 0. The molecule has 1 atom stereocenters. The molecule has 138 valence electrons. The zero-order valence-corrected chi connectivity index (χ0v) is 15.6. The summed E-state index contributed by atoms with van der Waals surface area (Å²) in [6.07, 6.45) is 4.24. The summed E-state index contributed by atoms with van der Waals surface area (Å²) in [6.45, 7) is 8.50. The highest BCUT2D eigenvalue weighted by Gasteiger charge is 2.21. The molecule has 1 N–H and O–H groups in total. The fourth-order valence-electron chi connectivity index (χ4n) is 2.87. The molecule has 6 heteroatoms. The predicted octanol–water partition coefficient (Wildman–Crippen LogP) is 3.34. The maximum Gasteiger partial charge on any atom is 0.244 e. The number of hydrogen-bond donors (Lipinski definition) is 1. The Hall–Kier alpha value is -2.76. The van der Waals surface area contributed by atoms with Crippen molar-refractivity contribution in [2.45, 2.75) is 46.8 Å². The van der Waals surface area contributed by atoms with Gasteiger partial charge in [0, 0.05) is 23.6 Å². The maximum atomic E-state index is 12.1. The number of aromatic nitrogens is 1. The van der Waals surface area contributed by atoms with Crippen LogP contribution < -0.4 is 14.8 Å². The summed E-state index contributed by atoms with van der Waals surface area (Å²) in [5, 5.41) is 2.77. The number of fused-ring (bicyclic) bond motifs is 1. The number of amides is 1. The Morgan fingerprint density at radius 1 is 1.42 bits per heavy atom. The molecule has 0 saturated carbocycles. The molecule has 2 heterocycles. The van der Waals surface area contributed by atoms with Gasteiger partial charge in [-0.05, 0) is 45.9 Å². The van der Waals surface area contributed by atoms with Crippen LogP contribution in [0.1, 0.15) is 42.3 Å². The van der Waals surface area contributed by atoms with E-state index in [1.54, 1.807) is 6.08 Å². The first-order valence-electron chi connectivity index (χ1n) is 8.81. The Morgan fingerprint density at radius 3 is 2.92 bits per heavy atom. The topological polar surface area (TPSA) is 73.6 Å². The minimum atomic E-state index is -0.226. The summed E-state index contributed by atoms with van der Waals surface area (Å²) in [6, 6.07) is 3.92. The van der Waals surface area contributed by atoms with Gasteiger partial charge in [-0.2, -0.15) is 0 Å². The van der Waals surface area contributed by atoms with Crippen LogP contribution in [0.15, 0.2) is 22.6 Å². The first kappa shape index (κ1) is 18.0. The third-order valence-corrected chi connectivity index (χ3v) is 4.23. The molecule has 1 aliphatic rings. The molecular weight excluding hydrogens is 332 g/mol. The Balaban J connectivity index is 1.68. The minimum Gasteiger partial charge on any atom is -0.493 e. The van der Waals surface area contributed by atoms with Crippen molar-refractivity contribution < 1.29 is 18.7 Å². The number of carbonyl (C=O) groups excluding carboxylic acids is 1. The van der Waals surface area contributed by atoms with Gasteiger partial charge in [0.25, 0.3) is 0 Å². The second kappa shape index (κ2) is 7.64. The molecule has 0 saturated heterocycles. The second-order valence-corrected chi connectivity index (χ2v) is 6.36. The lowest BCUT2D eigenvalue weighted by Crippen LogP contribution is -2.20. The normalized spacial score (nSPS) is 15.8. The molecule has 0 bridgehead atoms. The maximum absolute atomic E-state index is 12.1. The van der Waals surface area contributed by atoms with E-state index in [1.807, 2.05) is 39.8 Å². The standard InChI is InChI=1S/C20H24N2O4/c1-5-24-17-10-16-8-12(2)25-18(16)9-15(17)6-7-19(23)21-11-20-22-13(3)14(4)26-20/h6-7,9-10,12H,5,8,11H2,1-4H3,(H,21,23). The molecule has 1 aliphatic heterocycles. The van der Waals surface area contributed by atoms with Crippen molar-refractivity contribution in [1.29, 1.82) is 0 Å². The van der Waals surface area contributed by atoms with E-state index in [1.165, 1.54) is 6.08 Å². The highest BCUT2D eigenvalue weighted by molar-refractivity contribution is 5.92. The zero-order valence-electron chi connectivity index (χ0n) is 15.6. The van der Waals surface area contributed by atoms with Crippen LogP contribution in [0.25, 0.3) is 6.08 Å². The van der Waals surface area contributed by atoms with Crippen LogP contribution in [-0.2, 0) is 17.8 Å². The summed E-state index contributed by atoms with van der Waals surface area (Å²) in [7, 11) is 0. The van der Waals surface area contributed by atoms with Crippen molar-refractivity contribution in [3.8, 4) is 11.5 Å². The third-order valence-electron chi connectivity index (χ3n) is 4.23. The molecule has 1 aromatic carbocycles. The lowest BCUT2D eigenvalue weighted by molar-refractivity contribution is -0.116. The van der Waals surface area contributed by atoms with Crippen molar-refractivity contribution in [2.24, 2.45) is 0 Å². The van der Waals surface area contributed by atoms with Gasteiger partial charge in [0.2, 0.25) is 11.8 Å². The van der Waals surface area contributed by atoms with Crippen molar-refractivity contribution in [3.63, 3.8) is 0 Å². The van der Waals surface area contributed by atoms with E-state index in [9.17, 15) is 4.79 Å². The second-order valence-electron chi connectivity index (χ2n) is 6.36. The summed E-state index contributed by atoms with van der Waals surface area (Å²) < 4.78 is 17.0. The van der Waals surface area contributed by atoms with Gasteiger partial charge in [0.05, 0.1) is 18.8 Å². The Bertz CT molecular complexity index is 819. The van der Waals surface area contributed by atoms with Crippen LogP contribution in [0, 0.1) is 13.8 Å². The van der Waals surface area contributed by atoms with E-state index in [0.717, 1.165) is 40.5 Å². The molecule has 1 amide bonds. The molecule has 0 spiro atoms. The number of benzene rings is 1. The van der Waals surface area contributed by atoms with E-state index in [4.69, 9.17) is 13.9 Å². The molecule has 6 nitrogen and oxygen atoms in total. The van der Waals surface area contributed by atoms with Gasteiger partial charge in [-0.1, -0.05) is 0 Å². The number of nitrogens with one attached hydrogen (secondary N) is 1. The van der Waals surface area contributed by atoms with Crippen LogP contribution in [0.2, 0.25) is 0 Å². The minimum absolute atomic E-state index is 0.162. The number of oxazole rings is 1. The Kier molecular flexibility index (Phi) is 5.30. The van der Waals surface area contributed by atoms with Crippen LogP contribution >= 0.6 is 0 Å². The van der Waals surface area contributed by atoms with Crippen LogP contribution in [-0.4, -0.2) is 23.6 Å². The van der Waals surface area contributed by atoms with E-state index >= 15 is 0 Å². The smallest absolute Gasteiger partial charge is 0.244 e. The number of aryl methyl sites for hydroxylation is 2. The molecule has 0 fully saturated rings. The van der Waals surface area contributed by atoms with E-state index in [2.05, 4.69) is 10.3 Å². The predicted molar refractivity (Wildman–Crippen MR) is 98.3 cm³/mol. The average Bonchev–Trinajstić information content (AvgIpc) is 3.11. The lowest BCUT2D eigenvalue weighted by atomic mass is 10.1. The van der Waals surface area contributed by atoms with Crippen LogP contribution in [0.4, 0.5) is 0 Å². The van der Waals surface area contributed by atoms with Gasteiger partial charge in [-0.25, -0.2) is 4.98 Å². The van der Waals surface area contributed by atoms with E-state index < -0.39 is 0 Å². The molecule has 0 aliphatic carbocycles. The number of ether oxygens (including phenoxy) is 2. The fraction of sp³-hybridized carbons (Fsp3) is 0.400. The largest absolute Gasteiger partial charge is 0.493 e. The van der Waals surface area contributed by atoms with Crippen LogP contribution in [0.3, 0.4) is 0 Å². The third kappa shape index (κ3) is 4.07. The Morgan fingerprint density at radius 2 is 2.23 bits per heavy atom. The van der Waals surface area contributed by atoms with Gasteiger partial charge in [-0.15, -0.1) is 0 Å². The van der Waals surface area contributed by atoms with E-state index in [0.29, 0.717) is 12.5 Å². The summed E-state index contributed by atoms with van der Waals surface area (Å²) in [5.41, 5.74) is 2.79. The number of carbonyl (C=O) groups is 1. The Labute approximate surface area is 153 Å².